The van der Waals surface area contributed by atoms with E-state index in [0.29, 0.717) is 0 Å². The molecule has 4 heteroatoms. The Hall–Kier alpha value is -0.870. The summed E-state index contributed by atoms with van der Waals surface area (Å²) in [6.45, 7) is 2.04. The van der Waals surface area contributed by atoms with Gasteiger partial charge in [0.25, 0.3) is 0 Å². The molecule has 0 spiro atoms. The molecule has 1 aromatic rings. The fraction of sp³-hybridized carbons (Fsp3) is 0.364. The number of carbonyl (C=O) groups excluding carboxylic acids is 1. The molecule has 1 atom stereocenters. The second-order valence-corrected chi connectivity index (χ2v) is 4.19. The number of rotatable bonds is 4. The molecule has 0 aromatic heterocycles. The van der Waals surface area contributed by atoms with Crippen molar-refractivity contribution in [2.24, 2.45) is 0 Å². The molecule has 1 aromatic carbocycles. The molecule has 0 aliphatic carbocycles. The predicted molar refractivity (Wildman–Crippen MR) is 62.6 cm³/mol. The summed E-state index contributed by atoms with van der Waals surface area (Å²) in [5.41, 5.74) is 1.06. The molecule has 0 saturated carbocycles. The molecule has 0 aliphatic rings. The van der Waals surface area contributed by atoms with Gasteiger partial charge >= 0.3 is 0 Å². The minimum absolute atomic E-state index is 0.00912. The van der Waals surface area contributed by atoms with Gasteiger partial charge in [0.2, 0.25) is 5.91 Å². The average Bonchev–Trinajstić information content (AvgIpc) is 2.18. The van der Waals surface area contributed by atoms with E-state index in [1.54, 1.807) is 0 Å². The van der Waals surface area contributed by atoms with Gasteiger partial charge in [0, 0.05) is 11.6 Å². The number of hydrogen-bond acceptors (Lipinski definition) is 2. The Balaban J connectivity index is 2.60. The second-order valence-electron chi connectivity index (χ2n) is 3.28. The van der Waals surface area contributed by atoms with E-state index < -0.39 is 0 Å². The lowest BCUT2D eigenvalue weighted by molar-refractivity contribution is -0.125. The van der Waals surface area contributed by atoms with Crippen LogP contribution in [-0.4, -0.2) is 19.6 Å². The van der Waals surface area contributed by atoms with E-state index in [2.05, 4.69) is 21.2 Å². The first kappa shape index (κ1) is 12.2. The van der Waals surface area contributed by atoms with E-state index in [4.69, 9.17) is 4.74 Å². The van der Waals surface area contributed by atoms with Crippen molar-refractivity contribution in [2.45, 2.75) is 13.0 Å². The van der Waals surface area contributed by atoms with E-state index in [9.17, 15) is 4.79 Å². The molecule has 82 valence electrons. The van der Waals surface area contributed by atoms with Crippen LogP contribution in [0.25, 0.3) is 0 Å². The molecule has 1 amide bonds. The van der Waals surface area contributed by atoms with Gasteiger partial charge in [0.1, 0.15) is 6.61 Å². The minimum Gasteiger partial charge on any atom is -0.375 e. The lowest BCUT2D eigenvalue weighted by atomic mass is 10.1. The molecule has 1 N–H and O–H groups in total. The summed E-state index contributed by atoms with van der Waals surface area (Å²) < 4.78 is 5.75. The fourth-order valence-corrected chi connectivity index (χ4v) is 1.69. The van der Waals surface area contributed by atoms with Crippen molar-refractivity contribution in [3.05, 3.63) is 34.3 Å². The molecule has 1 unspecified atom stereocenters. The maximum absolute atomic E-state index is 11.3. The average molecular weight is 272 g/mol. The van der Waals surface area contributed by atoms with Crippen molar-refractivity contribution in [1.29, 1.82) is 0 Å². The first-order valence-corrected chi connectivity index (χ1v) is 5.46. The molecule has 0 bridgehead atoms. The second kappa shape index (κ2) is 5.88. The van der Waals surface area contributed by atoms with Gasteiger partial charge in [-0.15, -0.1) is 0 Å². The van der Waals surface area contributed by atoms with E-state index in [1.165, 1.54) is 7.11 Å². The van der Waals surface area contributed by atoms with Gasteiger partial charge < -0.3 is 10.1 Å². The topological polar surface area (TPSA) is 38.3 Å². The zero-order valence-electron chi connectivity index (χ0n) is 8.79. The largest absolute Gasteiger partial charge is 0.375 e. The number of hydrogen-bond donors (Lipinski definition) is 1. The maximum Gasteiger partial charge on any atom is 0.246 e. The van der Waals surface area contributed by atoms with Crippen LogP contribution < -0.4 is 5.32 Å². The standard InChI is InChI=1S/C11H14BrNO2/c1-8(13-11(14)7-15-2)9-4-3-5-10(12)6-9/h3-6,8H,7H2,1-2H3,(H,13,14). The number of ether oxygens (including phenoxy) is 1. The summed E-state index contributed by atoms with van der Waals surface area (Å²) in [6, 6.07) is 7.84. The van der Waals surface area contributed by atoms with Crippen LogP contribution in [0.15, 0.2) is 28.7 Å². The smallest absolute Gasteiger partial charge is 0.246 e. The highest BCUT2D eigenvalue weighted by molar-refractivity contribution is 9.10. The van der Waals surface area contributed by atoms with Crippen molar-refractivity contribution >= 4 is 21.8 Å². The fourth-order valence-electron chi connectivity index (χ4n) is 1.27. The van der Waals surface area contributed by atoms with Gasteiger partial charge in [0.15, 0.2) is 0 Å². The quantitative estimate of drug-likeness (QED) is 0.913. The lowest BCUT2D eigenvalue weighted by Gasteiger charge is -2.14. The highest BCUT2D eigenvalue weighted by atomic mass is 79.9. The molecule has 0 heterocycles. The number of methoxy groups -OCH3 is 1. The third-order valence-electron chi connectivity index (χ3n) is 2.00. The zero-order chi connectivity index (χ0) is 11.3. The number of amides is 1. The molecule has 3 nitrogen and oxygen atoms in total. The van der Waals surface area contributed by atoms with Gasteiger partial charge in [-0.05, 0) is 24.6 Å². The van der Waals surface area contributed by atoms with Gasteiger partial charge in [-0.25, -0.2) is 0 Å². The molecule has 15 heavy (non-hydrogen) atoms. The van der Waals surface area contributed by atoms with Gasteiger partial charge in [0.05, 0.1) is 6.04 Å². The summed E-state index contributed by atoms with van der Waals surface area (Å²) >= 11 is 3.39. The molecule has 1 rings (SSSR count). The Bertz CT molecular complexity index is 341. The van der Waals surface area contributed by atoms with Gasteiger partial charge in [-0.1, -0.05) is 28.1 Å². The summed E-state index contributed by atoms with van der Waals surface area (Å²) in [4.78, 5) is 11.3. The predicted octanol–water partition coefficient (Wildman–Crippen LogP) is 2.27. The van der Waals surface area contributed by atoms with E-state index in [-0.39, 0.29) is 18.6 Å². The highest BCUT2D eigenvalue weighted by Gasteiger charge is 2.08. The van der Waals surface area contributed by atoms with E-state index >= 15 is 0 Å². The lowest BCUT2D eigenvalue weighted by Crippen LogP contribution is -2.29. The van der Waals surface area contributed by atoms with Crippen molar-refractivity contribution in [3.63, 3.8) is 0 Å². The van der Waals surface area contributed by atoms with Gasteiger partial charge in [-0.3, -0.25) is 4.79 Å². The van der Waals surface area contributed by atoms with E-state index in [0.717, 1.165) is 10.0 Å². The number of halogens is 1. The molecule has 0 aliphatic heterocycles. The summed E-state index contributed by atoms with van der Waals surface area (Å²) in [6.07, 6.45) is 0. The Labute approximate surface area is 97.9 Å². The minimum atomic E-state index is -0.107. The Morgan fingerprint density at radius 2 is 2.33 bits per heavy atom. The van der Waals surface area contributed by atoms with Crippen LogP contribution >= 0.6 is 15.9 Å². The Kier molecular flexibility index (Phi) is 4.78. The molecule has 0 saturated heterocycles. The van der Waals surface area contributed by atoms with Crippen LogP contribution in [0.2, 0.25) is 0 Å². The SMILES string of the molecule is COCC(=O)NC(C)c1cccc(Br)c1. The van der Waals surface area contributed by atoms with Crippen molar-refractivity contribution in [3.8, 4) is 0 Å². The first-order valence-electron chi connectivity index (χ1n) is 4.67. The monoisotopic (exact) mass is 271 g/mol. The van der Waals surface area contributed by atoms with Crippen LogP contribution in [0.1, 0.15) is 18.5 Å². The van der Waals surface area contributed by atoms with E-state index in [1.807, 2.05) is 31.2 Å². The Morgan fingerprint density at radius 3 is 2.93 bits per heavy atom. The molecular formula is C11H14BrNO2. The maximum atomic E-state index is 11.3. The first-order chi connectivity index (χ1) is 7.13. The van der Waals surface area contributed by atoms with Crippen LogP contribution in [0.4, 0.5) is 0 Å². The molecule has 0 radical (unpaired) electrons. The van der Waals surface area contributed by atoms with Crippen molar-refractivity contribution < 1.29 is 9.53 Å². The highest BCUT2D eigenvalue weighted by Crippen LogP contribution is 2.17. The summed E-state index contributed by atoms with van der Waals surface area (Å²) in [7, 11) is 1.50. The third kappa shape index (κ3) is 4.01. The van der Waals surface area contributed by atoms with Gasteiger partial charge in [-0.2, -0.15) is 0 Å². The van der Waals surface area contributed by atoms with Crippen LogP contribution in [-0.2, 0) is 9.53 Å². The van der Waals surface area contributed by atoms with Crippen LogP contribution in [0.5, 0.6) is 0 Å². The number of benzene rings is 1. The van der Waals surface area contributed by atoms with Crippen molar-refractivity contribution in [1.82, 2.24) is 5.32 Å². The van der Waals surface area contributed by atoms with Crippen molar-refractivity contribution in [2.75, 3.05) is 13.7 Å². The molecular weight excluding hydrogens is 258 g/mol. The zero-order valence-corrected chi connectivity index (χ0v) is 10.4. The van der Waals surface area contributed by atoms with Crippen LogP contribution in [0.3, 0.4) is 0 Å². The third-order valence-corrected chi connectivity index (χ3v) is 2.49. The normalized spacial score (nSPS) is 12.2. The summed E-state index contributed by atoms with van der Waals surface area (Å²) in [5.74, 6) is -0.107. The Morgan fingerprint density at radius 1 is 1.60 bits per heavy atom. The number of nitrogens with one attached hydrogen (secondary N) is 1. The molecule has 0 fully saturated rings. The van der Waals surface area contributed by atoms with Crippen LogP contribution in [0, 0.1) is 0 Å². The summed E-state index contributed by atoms with van der Waals surface area (Å²) in [5, 5.41) is 2.84. The number of carbonyl (C=O) groups is 1.